The third-order valence-electron chi connectivity index (χ3n) is 1.13. The topological polar surface area (TPSA) is 54.7 Å². The van der Waals surface area contributed by atoms with Crippen molar-refractivity contribution in [3.63, 3.8) is 0 Å². The molecule has 3 N–H and O–H groups in total. The second-order valence-corrected chi connectivity index (χ2v) is 2.36. The molecule has 0 saturated heterocycles. The number of imidazole rings is 1. The zero-order chi connectivity index (χ0) is 7.56. The molecule has 4 heteroatoms. The first-order valence-corrected chi connectivity index (χ1v) is 3.14. The Balaban J connectivity index is 2.58. The van der Waals surface area contributed by atoms with Crippen LogP contribution in [0.3, 0.4) is 0 Å². The fraction of sp³-hybridized carbons (Fsp3) is 0.500. The van der Waals surface area contributed by atoms with Crippen molar-refractivity contribution in [2.45, 2.75) is 19.4 Å². The minimum atomic E-state index is -0.546. The summed E-state index contributed by atoms with van der Waals surface area (Å²) in [7, 11) is 0. The Bertz CT molecular complexity index is 207. The lowest BCUT2D eigenvalue weighted by molar-refractivity contribution is 0.548. The standard InChI is InChI=1S/C6H10FN3/c1-4(8)2-5-3-9-6(7)10-5/h3-4H,2,8H2,1H3,(H,9,10). The second kappa shape index (κ2) is 2.79. The maximum absolute atomic E-state index is 12.2. The van der Waals surface area contributed by atoms with Crippen LogP contribution < -0.4 is 5.73 Å². The molecule has 0 aromatic carbocycles. The van der Waals surface area contributed by atoms with E-state index < -0.39 is 6.08 Å². The van der Waals surface area contributed by atoms with Gasteiger partial charge in [-0.05, 0) is 6.92 Å². The molecule has 0 spiro atoms. The summed E-state index contributed by atoms with van der Waals surface area (Å²) in [5, 5.41) is 0. The molecular formula is C6H10FN3. The highest BCUT2D eigenvalue weighted by molar-refractivity contribution is 4.96. The van der Waals surface area contributed by atoms with Crippen LogP contribution in [0.5, 0.6) is 0 Å². The van der Waals surface area contributed by atoms with Gasteiger partial charge in [0.1, 0.15) is 0 Å². The second-order valence-electron chi connectivity index (χ2n) is 2.36. The van der Waals surface area contributed by atoms with Crippen molar-refractivity contribution in [1.82, 2.24) is 9.97 Å². The minimum absolute atomic E-state index is 0.0303. The van der Waals surface area contributed by atoms with E-state index in [1.807, 2.05) is 6.92 Å². The van der Waals surface area contributed by atoms with E-state index in [0.29, 0.717) is 12.1 Å². The number of hydrogen-bond acceptors (Lipinski definition) is 2. The van der Waals surface area contributed by atoms with E-state index in [4.69, 9.17) is 5.73 Å². The van der Waals surface area contributed by atoms with Gasteiger partial charge in [0, 0.05) is 18.7 Å². The lowest BCUT2D eigenvalue weighted by Gasteiger charge is -1.98. The van der Waals surface area contributed by atoms with Gasteiger partial charge in [-0.1, -0.05) is 0 Å². The van der Waals surface area contributed by atoms with Crippen LogP contribution in [0.4, 0.5) is 4.39 Å². The molecule has 0 aliphatic heterocycles. The van der Waals surface area contributed by atoms with Gasteiger partial charge in [-0.2, -0.15) is 4.39 Å². The number of aromatic amines is 1. The van der Waals surface area contributed by atoms with E-state index in [2.05, 4.69) is 9.97 Å². The normalized spacial score (nSPS) is 13.5. The summed E-state index contributed by atoms with van der Waals surface area (Å²) in [5.74, 6) is 0. The highest BCUT2D eigenvalue weighted by atomic mass is 19.1. The van der Waals surface area contributed by atoms with Crippen LogP contribution in [-0.4, -0.2) is 16.0 Å². The molecule has 0 saturated carbocycles. The van der Waals surface area contributed by atoms with Gasteiger partial charge >= 0.3 is 0 Å². The first-order chi connectivity index (χ1) is 4.68. The Kier molecular flexibility index (Phi) is 2.01. The molecule has 1 aromatic rings. The molecule has 1 atom stereocenters. The van der Waals surface area contributed by atoms with Gasteiger partial charge in [0.15, 0.2) is 0 Å². The van der Waals surface area contributed by atoms with Crippen LogP contribution in [-0.2, 0) is 6.42 Å². The smallest absolute Gasteiger partial charge is 0.286 e. The quantitative estimate of drug-likeness (QED) is 0.631. The molecular weight excluding hydrogens is 133 g/mol. The van der Waals surface area contributed by atoms with E-state index in [9.17, 15) is 4.39 Å². The number of nitrogens with two attached hydrogens (primary N) is 1. The predicted octanol–water partition coefficient (Wildman–Crippen LogP) is 0.439. The van der Waals surface area contributed by atoms with E-state index in [-0.39, 0.29) is 6.04 Å². The number of hydrogen-bond donors (Lipinski definition) is 2. The first-order valence-electron chi connectivity index (χ1n) is 3.14. The summed E-state index contributed by atoms with van der Waals surface area (Å²) in [6, 6.07) is 0.0303. The van der Waals surface area contributed by atoms with Gasteiger partial charge in [-0.25, -0.2) is 4.98 Å². The summed E-state index contributed by atoms with van der Waals surface area (Å²) in [6.45, 7) is 1.85. The summed E-state index contributed by atoms with van der Waals surface area (Å²) < 4.78 is 12.2. The highest BCUT2D eigenvalue weighted by Crippen LogP contribution is 1.97. The van der Waals surface area contributed by atoms with Crippen molar-refractivity contribution >= 4 is 0 Å². The van der Waals surface area contributed by atoms with Crippen molar-refractivity contribution in [3.05, 3.63) is 18.0 Å². The molecule has 56 valence electrons. The van der Waals surface area contributed by atoms with Gasteiger partial charge in [-0.15, -0.1) is 0 Å². The Hall–Kier alpha value is -0.900. The monoisotopic (exact) mass is 143 g/mol. The SMILES string of the molecule is CC(N)Cc1c[nH]c(F)n1. The number of nitrogens with zero attached hydrogens (tertiary/aromatic N) is 1. The van der Waals surface area contributed by atoms with Crippen LogP contribution in [0.15, 0.2) is 6.20 Å². The molecule has 0 radical (unpaired) electrons. The average Bonchev–Trinajstić information content (AvgIpc) is 2.13. The lowest BCUT2D eigenvalue weighted by atomic mass is 10.2. The fourth-order valence-electron chi connectivity index (χ4n) is 0.768. The van der Waals surface area contributed by atoms with Gasteiger partial charge in [0.05, 0.1) is 5.69 Å². The molecule has 1 aromatic heterocycles. The molecule has 0 fully saturated rings. The number of nitrogens with one attached hydrogen (secondary N) is 1. The molecule has 1 unspecified atom stereocenters. The maximum atomic E-state index is 12.2. The maximum Gasteiger partial charge on any atom is 0.286 e. The van der Waals surface area contributed by atoms with Crippen molar-refractivity contribution < 1.29 is 4.39 Å². The Morgan fingerprint density at radius 1 is 1.90 bits per heavy atom. The predicted molar refractivity (Wildman–Crippen MR) is 35.9 cm³/mol. The van der Waals surface area contributed by atoms with E-state index >= 15 is 0 Å². The molecule has 3 nitrogen and oxygen atoms in total. The molecule has 1 heterocycles. The summed E-state index contributed by atoms with van der Waals surface area (Å²) >= 11 is 0. The van der Waals surface area contributed by atoms with Crippen molar-refractivity contribution in [2.24, 2.45) is 5.73 Å². The van der Waals surface area contributed by atoms with Crippen molar-refractivity contribution in [1.29, 1.82) is 0 Å². The van der Waals surface area contributed by atoms with Crippen molar-refractivity contribution in [2.75, 3.05) is 0 Å². The first kappa shape index (κ1) is 7.21. The van der Waals surface area contributed by atoms with Crippen LogP contribution in [0.2, 0.25) is 0 Å². The van der Waals surface area contributed by atoms with Crippen LogP contribution in [0.1, 0.15) is 12.6 Å². The van der Waals surface area contributed by atoms with Gasteiger partial charge in [-0.3, -0.25) is 0 Å². The summed E-state index contributed by atoms with van der Waals surface area (Å²) in [5.41, 5.74) is 6.13. The number of halogens is 1. The van der Waals surface area contributed by atoms with Gasteiger partial charge in [0.25, 0.3) is 6.08 Å². The fourth-order valence-corrected chi connectivity index (χ4v) is 0.768. The Morgan fingerprint density at radius 3 is 3.00 bits per heavy atom. The lowest BCUT2D eigenvalue weighted by Crippen LogP contribution is -2.17. The Morgan fingerprint density at radius 2 is 2.60 bits per heavy atom. The van der Waals surface area contributed by atoms with Crippen LogP contribution in [0.25, 0.3) is 0 Å². The van der Waals surface area contributed by atoms with E-state index in [0.717, 1.165) is 0 Å². The Labute approximate surface area is 58.5 Å². The van der Waals surface area contributed by atoms with Crippen molar-refractivity contribution in [3.8, 4) is 0 Å². The van der Waals surface area contributed by atoms with Gasteiger partial charge < -0.3 is 10.7 Å². The summed E-state index contributed by atoms with van der Waals surface area (Å²) in [6.07, 6.45) is 1.59. The van der Waals surface area contributed by atoms with E-state index in [1.165, 1.54) is 6.20 Å². The zero-order valence-electron chi connectivity index (χ0n) is 5.76. The number of aromatic nitrogens is 2. The molecule has 10 heavy (non-hydrogen) atoms. The molecule has 0 aliphatic carbocycles. The van der Waals surface area contributed by atoms with Gasteiger partial charge in [0.2, 0.25) is 0 Å². The molecule has 0 aliphatic rings. The largest absolute Gasteiger partial charge is 0.328 e. The number of H-pyrrole nitrogens is 1. The minimum Gasteiger partial charge on any atom is -0.328 e. The highest BCUT2D eigenvalue weighted by Gasteiger charge is 2.01. The average molecular weight is 143 g/mol. The number of rotatable bonds is 2. The van der Waals surface area contributed by atoms with Crippen LogP contribution >= 0.6 is 0 Å². The van der Waals surface area contributed by atoms with Crippen LogP contribution in [0, 0.1) is 6.08 Å². The zero-order valence-corrected chi connectivity index (χ0v) is 5.76. The molecule has 0 bridgehead atoms. The third kappa shape index (κ3) is 1.80. The van der Waals surface area contributed by atoms with E-state index in [1.54, 1.807) is 0 Å². The third-order valence-corrected chi connectivity index (χ3v) is 1.13. The summed E-state index contributed by atoms with van der Waals surface area (Å²) in [4.78, 5) is 5.89. The molecule has 0 amide bonds. The molecule has 1 rings (SSSR count).